The Balaban J connectivity index is 1.86. The van der Waals surface area contributed by atoms with Crippen LogP contribution in [0, 0.1) is 5.92 Å². The highest BCUT2D eigenvalue weighted by Crippen LogP contribution is 2.39. The number of carbonyl (C=O) groups excluding carboxylic acids is 1. The van der Waals surface area contributed by atoms with Crippen LogP contribution in [0.1, 0.15) is 24.4 Å². The first-order valence-electron chi connectivity index (χ1n) is 7.31. The molecular weight excluding hydrogens is 334 g/mol. The van der Waals surface area contributed by atoms with E-state index in [1.165, 1.54) is 0 Å². The normalized spacial score (nSPS) is 22.3. The number of hydrogen-bond acceptors (Lipinski definition) is 4. The van der Waals surface area contributed by atoms with E-state index in [2.05, 4.69) is 31.5 Å². The number of aliphatic hydroxyl groups excluding tert-OH is 1. The molecule has 1 aromatic carbocycles. The number of aliphatic hydroxyl groups is 1. The lowest BCUT2D eigenvalue weighted by molar-refractivity contribution is -0.117. The number of carbonyl (C=O) groups is 1. The predicted octanol–water partition coefficient (Wildman–Crippen LogP) is 1.87. The molecule has 0 aliphatic carbocycles. The first kappa shape index (κ1) is 14.8. The van der Waals surface area contributed by atoms with Crippen molar-refractivity contribution in [1.29, 1.82) is 0 Å². The molecule has 1 unspecified atom stereocenters. The van der Waals surface area contributed by atoms with Crippen molar-refractivity contribution in [2.45, 2.75) is 18.9 Å². The van der Waals surface area contributed by atoms with Gasteiger partial charge in [0, 0.05) is 35.4 Å². The van der Waals surface area contributed by atoms with Crippen molar-refractivity contribution in [1.82, 2.24) is 5.32 Å². The second kappa shape index (κ2) is 5.94. The molecule has 0 aromatic heterocycles. The summed E-state index contributed by atoms with van der Waals surface area (Å²) in [5.74, 6) is 0.415. The highest BCUT2D eigenvalue weighted by atomic mass is 79.9. The lowest BCUT2D eigenvalue weighted by atomic mass is 9.97. The van der Waals surface area contributed by atoms with Crippen LogP contribution in [0.5, 0.6) is 0 Å². The van der Waals surface area contributed by atoms with Gasteiger partial charge in [0.25, 0.3) is 0 Å². The molecule has 2 heterocycles. The van der Waals surface area contributed by atoms with Gasteiger partial charge in [-0.25, -0.2) is 0 Å². The zero-order valence-electron chi connectivity index (χ0n) is 12.0. The van der Waals surface area contributed by atoms with Crippen molar-refractivity contribution in [3.8, 4) is 0 Å². The molecule has 1 fully saturated rings. The molecule has 0 saturated carbocycles. The summed E-state index contributed by atoms with van der Waals surface area (Å²) in [7, 11) is 1.79. The smallest absolute Gasteiger partial charge is 0.246 e. The van der Waals surface area contributed by atoms with E-state index < -0.39 is 0 Å². The molecule has 6 heteroatoms. The zero-order valence-corrected chi connectivity index (χ0v) is 13.6. The van der Waals surface area contributed by atoms with E-state index in [0.717, 1.165) is 47.3 Å². The van der Waals surface area contributed by atoms with E-state index in [-0.39, 0.29) is 18.6 Å². The van der Waals surface area contributed by atoms with Crippen molar-refractivity contribution in [2.75, 3.05) is 37.0 Å². The van der Waals surface area contributed by atoms with Crippen LogP contribution in [-0.2, 0) is 4.79 Å². The Hall–Kier alpha value is -1.11. The van der Waals surface area contributed by atoms with Gasteiger partial charge in [0.1, 0.15) is 6.04 Å². The molecule has 0 bridgehead atoms. The largest absolute Gasteiger partial charge is 0.396 e. The fourth-order valence-electron chi connectivity index (χ4n) is 3.16. The number of halogens is 1. The summed E-state index contributed by atoms with van der Waals surface area (Å²) < 4.78 is 1.01. The number of likely N-dealkylation sites (N-methyl/N-ethyl adjacent to an activating group) is 1. The summed E-state index contributed by atoms with van der Waals surface area (Å²) in [6, 6.07) is 3.81. The van der Waals surface area contributed by atoms with E-state index >= 15 is 0 Å². The second-order valence-electron chi connectivity index (χ2n) is 5.71. The molecule has 0 spiro atoms. The number of fused-ring (bicyclic) bond motifs is 1. The van der Waals surface area contributed by atoms with Gasteiger partial charge >= 0.3 is 0 Å². The minimum atomic E-state index is -0.273. The molecule has 3 N–H and O–H groups in total. The first-order valence-corrected chi connectivity index (χ1v) is 8.10. The fraction of sp³-hybridized carbons (Fsp3) is 0.533. The topological polar surface area (TPSA) is 64.6 Å². The molecule has 1 aromatic rings. The van der Waals surface area contributed by atoms with Gasteiger partial charge in [-0.05, 0) is 53.9 Å². The van der Waals surface area contributed by atoms with E-state index in [1.807, 2.05) is 12.1 Å². The van der Waals surface area contributed by atoms with Gasteiger partial charge in [0.15, 0.2) is 0 Å². The van der Waals surface area contributed by atoms with Crippen LogP contribution in [0.3, 0.4) is 0 Å². The number of nitrogens with one attached hydrogen (secondary N) is 2. The predicted molar refractivity (Wildman–Crippen MR) is 86.6 cm³/mol. The summed E-state index contributed by atoms with van der Waals surface area (Å²) in [5, 5.41) is 15.2. The minimum Gasteiger partial charge on any atom is -0.396 e. The highest BCUT2D eigenvalue weighted by molar-refractivity contribution is 9.10. The van der Waals surface area contributed by atoms with Gasteiger partial charge in [-0.3, -0.25) is 4.79 Å². The average molecular weight is 354 g/mol. The molecule has 0 radical (unpaired) electrons. The van der Waals surface area contributed by atoms with Crippen molar-refractivity contribution < 1.29 is 9.90 Å². The quantitative estimate of drug-likeness (QED) is 0.776. The Kier molecular flexibility index (Phi) is 4.19. The van der Waals surface area contributed by atoms with Crippen LogP contribution >= 0.6 is 15.9 Å². The maximum atomic E-state index is 11.9. The van der Waals surface area contributed by atoms with Gasteiger partial charge in [-0.2, -0.15) is 0 Å². The SMILES string of the molecule is CNC1C(=O)Nc2cc(N3CCC(CO)CC3)c(Br)cc21. The number of rotatable bonds is 3. The van der Waals surface area contributed by atoms with E-state index in [9.17, 15) is 9.90 Å². The van der Waals surface area contributed by atoms with Gasteiger partial charge < -0.3 is 20.6 Å². The lowest BCUT2D eigenvalue weighted by Crippen LogP contribution is -2.35. The maximum absolute atomic E-state index is 11.9. The van der Waals surface area contributed by atoms with Crippen LogP contribution in [0.4, 0.5) is 11.4 Å². The molecule has 1 saturated heterocycles. The van der Waals surface area contributed by atoms with E-state index in [1.54, 1.807) is 7.05 Å². The van der Waals surface area contributed by atoms with Crippen molar-refractivity contribution >= 4 is 33.2 Å². The third kappa shape index (κ3) is 2.67. The molecule has 1 atom stereocenters. The standard InChI is InChI=1S/C15H20BrN3O2/c1-17-14-10-6-11(16)13(7-12(10)18-15(14)21)19-4-2-9(8-20)3-5-19/h6-7,9,14,17,20H,2-5,8H2,1H3,(H,18,21). The molecule has 5 nitrogen and oxygen atoms in total. The number of nitrogens with zero attached hydrogens (tertiary/aromatic N) is 1. The molecule has 2 aliphatic heterocycles. The molecular formula is C15H20BrN3O2. The van der Waals surface area contributed by atoms with Crippen molar-refractivity contribution in [3.05, 3.63) is 22.2 Å². The third-order valence-corrected chi connectivity index (χ3v) is 5.09. The number of hydrogen-bond donors (Lipinski definition) is 3. The van der Waals surface area contributed by atoms with Gasteiger partial charge in [0.2, 0.25) is 5.91 Å². The Bertz CT molecular complexity index is 556. The third-order valence-electron chi connectivity index (χ3n) is 4.45. The van der Waals surface area contributed by atoms with Crippen LogP contribution in [0.2, 0.25) is 0 Å². The zero-order chi connectivity index (χ0) is 15.0. The second-order valence-corrected chi connectivity index (χ2v) is 6.57. The summed E-state index contributed by atoms with van der Waals surface area (Å²) in [5.41, 5.74) is 2.99. The Morgan fingerprint density at radius 1 is 1.43 bits per heavy atom. The van der Waals surface area contributed by atoms with Crippen LogP contribution in [0.15, 0.2) is 16.6 Å². The van der Waals surface area contributed by atoms with Crippen molar-refractivity contribution in [3.63, 3.8) is 0 Å². The van der Waals surface area contributed by atoms with Crippen LogP contribution in [0.25, 0.3) is 0 Å². The average Bonchev–Trinajstić information content (AvgIpc) is 2.81. The maximum Gasteiger partial charge on any atom is 0.246 e. The summed E-state index contributed by atoms with van der Waals surface area (Å²) in [6.07, 6.45) is 2.01. The number of anilines is 2. The highest BCUT2D eigenvalue weighted by Gasteiger charge is 2.31. The minimum absolute atomic E-state index is 0.00413. The molecule has 1 amide bonds. The number of piperidine rings is 1. The summed E-state index contributed by atoms with van der Waals surface area (Å²) in [4.78, 5) is 14.2. The van der Waals surface area contributed by atoms with E-state index in [0.29, 0.717) is 5.92 Å². The van der Waals surface area contributed by atoms with Crippen molar-refractivity contribution in [2.24, 2.45) is 5.92 Å². The Morgan fingerprint density at radius 3 is 2.76 bits per heavy atom. The fourth-order valence-corrected chi connectivity index (χ4v) is 3.77. The van der Waals surface area contributed by atoms with Crippen LogP contribution in [-0.4, -0.2) is 37.8 Å². The Morgan fingerprint density at radius 2 is 2.14 bits per heavy atom. The van der Waals surface area contributed by atoms with Gasteiger partial charge in [-0.1, -0.05) is 0 Å². The lowest BCUT2D eigenvalue weighted by Gasteiger charge is -2.33. The first-order chi connectivity index (χ1) is 10.1. The summed E-state index contributed by atoms with van der Waals surface area (Å²) in [6.45, 7) is 2.15. The number of benzene rings is 1. The molecule has 114 valence electrons. The number of amides is 1. The summed E-state index contributed by atoms with van der Waals surface area (Å²) >= 11 is 3.64. The van der Waals surface area contributed by atoms with Gasteiger partial charge in [-0.15, -0.1) is 0 Å². The molecule has 2 aliphatic rings. The molecule has 3 rings (SSSR count). The van der Waals surface area contributed by atoms with Gasteiger partial charge in [0.05, 0.1) is 5.69 Å². The van der Waals surface area contributed by atoms with Crippen LogP contribution < -0.4 is 15.5 Å². The monoisotopic (exact) mass is 353 g/mol. The molecule has 21 heavy (non-hydrogen) atoms. The Labute approximate surface area is 132 Å². The van der Waals surface area contributed by atoms with E-state index in [4.69, 9.17) is 0 Å².